The van der Waals surface area contributed by atoms with Crippen LogP contribution in [0.15, 0.2) is 24.3 Å². The summed E-state index contributed by atoms with van der Waals surface area (Å²) in [5.74, 6) is -0.712. The van der Waals surface area contributed by atoms with Gasteiger partial charge in [-0.3, -0.25) is 9.69 Å². The van der Waals surface area contributed by atoms with Crippen molar-refractivity contribution in [2.24, 2.45) is 0 Å². The number of urea groups is 1. The molecule has 3 fully saturated rings. The predicted molar refractivity (Wildman–Crippen MR) is 146 cm³/mol. The van der Waals surface area contributed by atoms with E-state index in [0.717, 1.165) is 55.3 Å². The molecular formula is C25H28N8O5S. The lowest BCUT2D eigenvalue weighted by molar-refractivity contribution is -0.138. The number of hydrogen-bond donors (Lipinski definition) is 3. The first-order chi connectivity index (χ1) is 19.0. The number of hydrogen-bond acceptors (Lipinski definition) is 10. The van der Waals surface area contributed by atoms with E-state index in [0.29, 0.717) is 30.4 Å². The number of nitrogens with zero attached hydrogens (tertiary/aromatic N) is 6. The second kappa shape index (κ2) is 10.6. The smallest absolute Gasteiger partial charge is 0.328 e. The van der Waals surface area contributed by atoms with Gasteiger partial charge in [-0.2, -0.15) is 4.98 Å². The Morgan fingerprint density at radius 1 is 1.05 bits per heavy atom. The van der Waals surface area contributed by atoms with Gasteiger partial charge in [0.1, 0.15) is 17.6 Å². The Hall–Kier alpha value is -4.04. The van der Waals surface area contributed by atoms with Crippen LogP contribution in [-0.2, 0) is 9.53 Å². The number of piperidine rings is 1. The number of pyridine rings is 2. The minimum Gasteiger partial charge on any atom is -0.480 e. The maximum Gasteiger partial charge on any atom is 0.328 e. The number of carboxylic acid groups (broad SMARTS) is 1. The van der Waals surface area contributed by atoms with Crippen LogP contribution in [0, 0.1) is 0 Å². The Balaban J connectivity index is 1.29. The number of rotatable bonds is 6. The number of aromatic nitrogens is 3. The normalized spacial score (nSPS) is 19.8. The number of amides is 3. The molecule has 6 heterocycles. The van der Waals surface area contributed by atoms with Crippen LogP contribution in [0.25, 0.3) is 10.3 Å². The number of thiazole rings is 1. The first kappa shape index (κ1) is 25.2. The van der Waals surface area contributed by atoms with Crippen molar-refractivity contribution in [2.75, 3.05) is 66.0 Å². The highest BCUT2D eigenvalue weighted by Crippen LogP contribution is 2.35. The second-order valence-electron chi connectivity index (χ2n) is 9.61. The van der Waals surface area contributed by atoms with E-state index in [4.69, 9.17) is 14.7 Å². The number of aliphatic carboxylic acids is 1. The van der Waals surface area contributed by atoms with Crippen molar-refractivity contribution in [1.29, 1.82) is 0 Å². The summed E-state index contributed by atoms with van der Waals surface area (Å²) in [7, 11) is 0. The number of ether oxygens (including phenoxy) is 1. The zero-order valence-corrected chi connectivity index (χ0v) is 21.9. The number of morpholine rings is 1. The van der Waals surface area contributed by atoms with Crippen LogP contribution in [0.2, 0.25) is 0 Å². The Bertz CT molecular complexity index is 1420. The molecule has 3 aliphatic rings. The molecule has 3 N–H and O–H groups in total. The van der Waals surface area contributed by atoms with Gasteiger partial charge in [-0.15, -0.1) is 0 Å². The molecule has 3 saturated heterocycles. The number of anilines is 4. The quantitative estimate of drug-likeness (QED) is 0.415. The van der Waals surface area contributed by atoms with E-state index >= 15 is 0 Å². The third kappa shape index (κ3) is 5.16. The van der Waals surface area contributed by atoms with E-state index in [9.17, 15) is 19.5 Å². The first-order valence-corrected chi connectivity index (χ1v) is 13.8. The highest BCUT2D eigenvalue weighted by Gasteiger charge is 2.35. The lowest BCUT2D eigenvalue weighted by Crippen LogP contribution is -2.36. The Morgan fingerprint density at radius 3 is 2.59 bits per heavy atom. The predicted octanol–water partition coefficient (Wildman–Crippen LogP) is 2.15. The number of carbonyl (C=O) groups is 3. The van der Waals surface area contributed by atoms with Crippen molar-refractivity contribution in [3.05, 3.63) is 30.0 Å². The van der Waals surface area contributed by atoms with Crippen molar-refractivity contribution in [3.8, 4) is 0 Å². The number of fused-ring (bicyclic) bond motifs is 1. The van der Waals surface area contributed by atoms with E-state index in [2.05, 4.69) is 25.4 Å². The topological polar surface area (TPSA) is 153 Å². The number of carbonyl (C=O) groups excluding carboxylic acids is 2. The molecule has 3 aliphatic heterocycles. The summed E-state index contributed by atoms with van der Waals surface area (Å²) in [6, 6.07) is 5.04. The summed E-state index contributed by atoms with van der Waals surface area (Å²) >= 11 is 1.53. The molecule has 3 amide bonds. The van der Waals surface area contributed by atoms with Gasteiger partial charge in [0.15, 0.2) is 16.6 Å². The Labute approximate surface area is 227 Å². The van der Waals surface area contributed by atoms with Crippen LogP contribution >= 0.6 is 11.3 Å². The van der Waals surface area contributed by atoms with Gasteiger partial charge in [-0.25, -0.2) is 19.6 Å². The van der Waals surface area contributed by atoms with E-state index < -0.39 is 23.9 Å². The number of carboxylic acids is 1. The fraction of sp³-hybridized carbons (Fsp3) is 0.440. The minimum absolute atomic E-state index is 0.0806. The molecule has 13 nitrogen and oxygen atoms in total. The maximum absolute atomic E-state index is 13.4. The summed E-state index contributed by atoms with van der Waals surface area (Å²) in [6.45, 7) is 4.45. The van der Waals surface area contributed by atoms with Gasteiger partial charge < -0.3 is 30.3 Å². The van der Waals surface area contributed by atoms with Gasteiger partial charge in [0.05, 0.1) is 30.1 Å². The van der Waals surface area contributed by atoms with Crippen molar-refractivity contribution in [2.45, 2.75) is 25.3 Å². The van der Waals surface area contributed by atoms with Crippen molar-refractivity contribution in [1.82, 2.24) is 20.3 Å². The van der Waals surface area contributed by atoms with E-state index in [1.807, 2.05) is 6.07 Å². The molecule has 1 unspecified atom stereocenters. The van der Waals surface area contributed by atoms with Crippen LogP contribution in [0.3, 0.4) is 0 Å². The molecule has 0 aliphatic carbocycles. The minimum atomic E-state index is -1.13. The van der Waals surface area contributed by atoms with Crippen molar-refractivity contribution < 1.29 is 24.2 Å². The molecule has 204 valence electrons. The molecule has 3 aromatic heterocycles. The van der Waals surface area contributed by atoms with Gasteiger partial charge in [-0.1, -0.05) is 17.4 Å². The van der Waals surface area contributed by atoms with Crippen molar-refractivity contribution in [3.63, 3.8) is 0 Å². The van der Waals surface area contributed by atoms with Crippen LogP contribution in [0.4, 0.5) is 27.2 Å². The fourth-order valence-corrected chi connectivity index (χ4v) is 5.93. The summed E-state index contributed by atoms with van der Waals surface area (Å²) in [5, 5.41) is 15.5. The molecule has 0 radical (unpaired) electrons. The summed E-state index contributed by atoms with van der Waals surface area (Å²) < 4.78 is 6.33. The van der Waals surface area contributed by atoms with Gasteiger partial charge >= 0.3 is 12.0 Å². The average Bonchev–Trinajstić information content (AvgIpc) is 3.57. The van der Waals surface area contributed by atoms with Gasteiger partial charge in [0.2, 0.25) is 0 Å². The fourth-order valence-electron chi connectivity index (χ4n) is 4.93. The van der Waals surface area contributed by atoms with Crippen molar-refractivity contribution >= 4 is 62.0 Å². The standard InChI is InChI=1S/C25H28N8O5S/c34-22(15-5-4-6-19(26-15)33-14-17(23(35)36)28-24(33)37)27-16-13-18-20(29-21(16)31-7-2-1-3-8-31)30-25(39-18)32-9-11-38-12-10-32/h4-6,13,17H,1-3,7-12,14H2,(H,27,34)(H,28,37)(H,35,36). The summed E-state index contributed by atoms with van der Waals surface area (Å²) in [6.07, 6.45) is 3.24. The molecule has 14 heteroatoms. The summed E-state index contributed by atoms with van der Waals surface area (Å²) in [4.78, 5) is 56.6. The zero-order valence-electron chi connectivity index (χ0n) is 21.1. The van der Waals surface area contributed by atoms with E-state index in [1.54, 1.807) is 18.2 Å². The number of nitrogens with one attached hydrogen (secondary N) is 2. The van der Waals surface area contributed by atoms with Crippen LogP contribution in [0.1, 0.15) is 29.8 Å². The highest BCUT2D eigenvalue weighted by atomic mass is 32.1. The molecule has 0 bridgehead atoms. The Kier molecular flexibility index (Phi) is 6.87. The molecule has 39 heavy (non-hydrogen) atoms. The Morgan fingerprint density at radius 2 is 1.85 bits per heavy atom. The zero-order chi connectivity index (χ0) is 26.9. The maximum atomic E-state index is 13.4. The molecule has 0 saturated carbocycles. The molecule has 3 aromatic rings. The largest absolute Gasteiger partial charge is 0.480 e. The average molecular weight is 553 g/mol. The second-order valence-corrected chi connectivity index (χ2v) is 10.6. The van der Waals surface area contributed by atoms with E-state index in [1.165, 1.54) is 16.2 Å². The molecule has 0 aromatic carbocycles. The van der Waals surface area contributed by atoms with Gasteiger partial charge in [0, 0.05) is 26.2 Å². The van der Waals surface area contributed by atoms with Crippen LogP contribution < -0.4 is 25.3 Å². The molecule has 0 spiro atoms. The lowest BCUT2D eigenvalue weighted by Gasteiger charge is -2.29. The third-order valence-electron chi connectivity index (χ3n) is 6.99. The molecular weight excluding hydrogens is 524 g/mol. The first-order valence-electron chi connectivity index (χ1n) is 12.9. The van der Waals surface area contributed by atoms with E-state index in [-0.39, 0.29) is 18.1 Å². The monoisotopic (exact) mass is 552 g/mol. The summed E-state index contributed by atoms with van der Waals surface area (Å²) in [5.41, 5.74) is 1.32. The van der Waals surface area contributed by atoms with Gasteiger partial charge in [-0.05, 0) is 37.5 Å². The van der Waals surface area contributed by atoms with Crippen LogP contribution in [-0.4, -0.2) is 89.9 Å². The SMILES string of the molecule is O=C(Nc1cc2sc(N3CCOCC3)nc2nc1N1CCCCC1)c1cccc(N2CC(C(=O)O)NC2=O)n1. The molecule has 6 rings (SSSR count). The van der Waals surface area contributed by atoms with Gasteiger partial charge in [0.25, 0.3) is 5.91 Å². The molecule has 1 atom stereocenters. The highest BCUT2D eigenvalue weighted by molar-refractivity contribution is 7.22. The lowest BCUT2D eigenvalue weighted by atomic mass is 10.1. The van der Waals surface area contributed by atoms with Crippen LogP contribution in [0.5, 0.6) is 0 Å². The third-order valence-corrected chi connectivity index (χ3v) is 8.04.